The lowest BCUT2D eigenvalue weighted by Gasteiger charge is -2.07. The molecule has 0 bridgehead atoms. The predicted octanol–water partition coefficient (Wildman–Crippen LogP) is 5.32. The molecule has 1 heteroatoms. The zero-order valence-electron chi connectivity index (χ0n) is 13.4. The lowest BCUT2D eigenvalue weighted by atomic mass is 10.1. The van der Waals surface area contributed by atoms with Crippen molar-refractivity contribution in [1.82, 2.24) is 0 Å². The SMILES string of the molecule is C=CC=[Si](CCCc1ccccc1)CCCc1ccccc1. The van der Waals surface area contributed by atoms with Crippen LogP contribution >= 0.6 is 0 Å². The van der Waals surface area contributed by atoms with E-state index in [0.29, 0.717) is 0 Å². The molecule has 0 atom stereocenters. The van der Waals surface area contributed by atoms with Gasteiger partial charge in [-0.25, -0.2) is 0 Å². The number of hydrogen-bond acceptors (Lipinski definition) is 0. The second kappa shape index (κ2) is 10.1. The second-order valence-electron chi connectivity index (χ2n) is 5.74. The van der Waals surface area contributed by atoms with E-state index in [-0.39, 0.29) is 8.41 Å². The third-order valence-electron chi connectivity index (χ3n) is 3.97. The van der Waals surface area contributed by atoms with Gasteiger partial charge in [-0.2, -0.15) is 0 Å². The monoisotopic (exact) mass is 306 g/mol. The molecule has 0 saturated heterocycles. The maximum atomic E-state index is 3.90. The molecule has 114 valence electrons. The molecule has 0 aromatic heterocycles. The van der Waals surface area contributed by atoms with Gasteiger partial charge < -0.3 is 0 Å². The summed E-state index contributed by atoms with van der Waals surface area (Å²) in [5.74, 6) is 0. The Kier molecular flexibility index (Phi) is 7.61. The normalized spacial score (nSPS) is 10.2. The van der Waals surface area contributed by atoms with E-state index >= 15 is 0 Å². The van der Waals surface area contributed by atoms with Crippen molar-refractivity contribution in [1.29, 1.82) is 0 Å². The van der Waals surface area contributed by atoms with E-state index < -0.39 is 0 Å². The summed E-state index contributed by atoms with van der Waals surface area (Å²) in [4.78, 5) is 0. The molecule has 2 aromatic carbocycles. The highest BCUT2D eigenvalue weighted by Crippen LogP contribution is 2.10. The first-order chi connectivity index (χ1) is 10.9. The van der Waals surface area contributed by atoms with Gasteiger partial charge in [0.1, 0.15) is 0 Å². The molecule has 2 aromatic rings. The summed E-state index contributed by atoms with van der Waals surface area (Å²) in [5.41, 5.74) is 5.32. The Labute approximate surface area is 136 Å². The van der Waals surface area contributed by atoms with Gasteiger partial charge in [0, 0.05) is 8.41 Å². The lowest BCUT2D eigenvalue weighted by Crippen LogP contribution is -2.05. The van der Waals surface area contributed by atoms with E-state index in [1.54, 1.807) is 0 Å². The van der Waals surface area contributed by atoms with Crippen LogP contribution in [-0.4, -0.2) is 14.1 Å². The van der Waals surface area contributed by atoms with Crippen molar-refractivity contribution in [2.24, 2.45) is 0 Å². The molecule has 0 aliphatic carbocycles. The lowest BCUT2D eigenvalue weighted by molar-refractivity contribution is 0.882. The van der Waals surface area contributed by atoms with Gasteiger partial charge >= 0.3 is 0 Å². The molecule has 0 spiro atoms. The van der Waals surface area contributed by atoms with Crippen molar-refractivity contribution < 1.29 is 0 Å². The molecule has 0 unspecified atom stereocenters. The highest BCUT2D eigenvalue weighted by Gasteiger charge is 2.01. The number of rotatable bonds is 9. The Morgan fingerprint density at radius 3 is 1.59 bits per heavy atom. The fraction of sp³-hybridized carbons (Fsp3) is 0.286. The fourth-order valence-electron chi connectivity index (χ4n) is 2.79. The molecule has 0 fully saturated rings. The van der Waals surface area contributed by atoms with Crippen molar-refractivity contribution in [2.45, 2.75) is 37.8 Å². The van der Waals surface area contributed by atoms with Crippen molar-refractivity contribution >= 4 is 14.1 Å². The van der Waals surface area contributed by atoms with E-state index in [0.717, 1.165) is 0 Å². The molecular formula is C21H26Si. The van der Waals surface area contributed by atoms with E-state index in [9.17, 15) is 0 Å². The van der Waals surface area contributed by atoms with Crippen molar-refractivity contribution in [3.05, 3.63) is 84.4 Å². The summed E-state index contributed by atoms with van der Waals surface area (Å²) >= 11 is 0. The van der Waals surface area contributed by atoms with Gasteiger partial charge in [0.15, 0.2) is 0 Å². The van der Waals surface area contributed by atoms with Gasteiger partial charge in [-0.05, 0) is 48.9 Å². The topological polar surface area (TPSA) is 0 Å². The molecule has 0 amide bonds. The number of benzene rings is 2. The molecule has 0 radical (unpaired) electrons. The maximum absolute atomic E-state index is 3.90. The van der Waals surface area contributed by atoms with Gasteiger partial charge in [-0.3, -0.25) is 0 Å². The summed E-state index contributed by atoms with van der Waals surface area (Å²) in [7, 11) is -0.378. The van der Waals surface area contributed by atoms with Crippen LogP contribution in [0.15, 0.2) is 73.3 Å². The number of aryl methyl sites for hydroxylation is 2. The standard InChI is InChI=1S/C21H26Si/c1-2-17-22(18-9-15-20-11-5-3-6-12-20)19-10-16-21-13-7-4-8-14-21/h2-8,11-14,17H,1,9-10,15-16,18-19H2. The van der Waals surface area contributed by atoms with Gasteiger partial charge in [-0.1, -0.05) is 79.0 Å². The Morgan fingerprint density at radius 1 is 0.727 bits per heavy atom. The highest BCUT2D eigenvalue weighted by atomic mass is 28.2. The molecule has 0 saturated carbocycles. The molecular weight excluding hydrogens is 280 g/mol. The summed E-state index contributed by atoms with van der Waals surface area (Å²) in [6, 6.07) is 24.4. The predicted molar refractivity (Wildman–Crippen MR) is 101 cm³/mol. The van der Waals surface area contributed by atoms with Crippen LogP contribution in [0.25, 0.3) is 0 Å². The number of hydrogen-bond donors (Lipinski definition) is 0. The van der Waals surface area contributed by atoms with Crippen LogP contribution in [-0.2, 0) is 12.8 Å². The Bertz CT molecular complexity index is 522. The molecule has 22 heavy (non-hydrogen) atoms. The van der Waals surface area contributed by atoms with E-state index in [4.69, 9.17) is 0 Å². The molecule has 0 nitrogen and oxygen atoms in total. The molecule has 0 aliphatic rings. The summed E-state index contributed by atoms with van der Waals surface area (Å²) in [6.07, 6.45) is 7.03. The average molecular weight is 307 g/mol. The van der Waals surface area contributed by atoms with Crippen LogP contribution < -0.4 is 0 Å². The smallest absolute Gasteiger partial charge is 0.00974 e. The minimum absolute atomic E-state index is 0.378. The summed E-state index contributed by atoms with van der Waals surface area (Å²) < 4.78 is 0. The van der Waals surface area contributed by atoms with E-state index in [1.807, 2.05) is 6.08 Å². The third-order valence-corrected chi connectivity index (χ3v) is 6.66. The van der Waals surface area contributed by atoms with Crippen LogP contribution in [0.3, 0.4) is 0 Å². The minimum atomic E-state index is -0.378. The largest absolute Gasteiger partial charge is 0.0995 e. The van der Waals surface area contributed by atoms with Gasteiger partial charge in [0.2, 0.25) is 0 Å². The van der Waals surface area contributed by atoms with Crippen LogP contribution in [0.5, 0.6) is 0 Å². The van der Waals surface area contributed by atoms with E-state index in [1.165, 1.54) is 48.9 Å². The second-order valence-corrected chi connectivity index (χ2v) is 8.39. The van der Waals surface area contributed by atoms with Gasteiger partial charge in [-0.15, -0.1) is 0 Å². The van der Waals surface area contributed by atoms with Crippen LogP contribution in [0.2, 0.25) is 12.1 Å². The zero-order chi connectivity index (χ0) is 15.5. The fourth-order valence-corrected chi connectivity index (χ4v) is 4.97. The molecule has 0 N–H and O–H groups in total. The van der Waals surface area contributed by atoms with Crippen molar-refractivity contribution in [3.63, 3.8) is 0 Å². The summed E-state index contributed by atoms with van der Waals surface area (Å²) in [5, 5.41) is 0. The third kappa shape index (κ3) is 6.36. The molecule has 0 aliphatic heterocycles. The van der Waals surface area contributed by atoms with Gasteiger partial charge in [0.25, 0.3) is 0 Å². The quantitative estimate of drug-likeness (QED) is 0.550. The maximum Gasteiger partial charge on any atom is 0.00974 e. The Balaban J connectivity index is 1.73. The minimum Gasteiger partial charge on any atom is -0.0995 e. The average Bonchev–Trinajstić information content (AvgIpc) is 2.57. The number of allylic oxidation sites excluding steroid dienone is 1. The first-order valence-corrected chi connectivity index (χ1v) is 10.3. The molecule has 2 rings (SSSR count). The summed E-state index contributed by atoms with van der Waals surface area (Å²) in [6.45, 7) is 3.90. The Morgan fingerprint density at radius 2 is 1.18 bits per heavy atom. The Hall–Kier alpha value is -1.73. The zero-order valence-corrected chi connectivity index (χ0v) is 14.4. The van der Waals surface area contributed by atoms with Gasteiger partial charge in [0.05, 0.1) is 0 Å². The van der Waals surface area contributed by atoms with Crippen molar-refractivity contribution in [3.8, 4) is 0 Å². The van der Waals surface area contributed by atoms with E-state index in [2.05, 4.69) is 72.9 Å². The van der Waals surface area contributed by atoms with Crippen LogP contribution in [0.4, 0.5) is 0 Å². The van der Waals surface area contributed by atoms with Crippen LogP contribution in [0, 0.1) is 0 Å². The molecule has 0 heterocycles. The van der Waals surface area contributed by atoms with Crippen molar-refractivity contribution in [2.75, 3.05) is 0 Å². The first-order valence-electron chi connectivity index (χ1n) is 8.27. The highest BCUT2D eigenvalue weighted by molar-refractivity contribution is 6.67. The van der Waals surface area contributed by atoms with Crippen LogP contribution in [0.1, 0.15) is 24.0 Å². The first kappa shape index (κ1) is 16.6.